The smallest absolute Gasteiger partial charge is 0.337 e. The van der Waals surface area contributed by atoms with Crippen LogP contribution in [0.1, 0.15) is 15.9 Å². The number of aromatic carboxylic acids is 1. The summed E-state index contributed by atoms with van der Waals surface area (Å²) in [5, 5.41) is 11.7. The molecule has 0 aliphatic heterocycles. The zero-order chi connectivity index (χ0) is 17.5. The Morgan fingerprint density at radius 1 is 1.04 bits per heavy atom. The lowest BCUT2D eigenvalue weighted by Gasteiger charge is -2.10. The zero-order valence-corrected chi connectivity index (χ0v) is 13.3. The quantitative estimate of drug-likeness (QED) is 0.797. The molecule has 0 aliphatic rings. The van der Waals surface area contributed by atoms with Gasteiger partial charge in [0.15, 0.2) is 11.5 Å². The summed E-state index contributed by atoms with van der Waals surface area (Å²) in [7, 11) is 3.04. The van der Waals surface area contributed by atoms with Gasteiger partial charge in [0.25, 0.3) is 0 Å². The maximum absolute atomic E-state index is 12.1. The van der Waals surface area contributed by atoms with Crippen molar-refractivity contribution in [3.8, 4) is 11.5 Å². The molecule has 0 heterocycles. The fraction of sp³-hybridized carbons (Fsp3) is 0.111. The molecule has 2 aromatic carbocycles. The number of para-hydroxylation sites is 2. The Morgan fingerprint density at radius 3 is 2.46 bits per heavy atom. The number of methoxy groups -OCH3 is 2. The molecule has 0 atom stereocenters. The van der Waals surface area contributed by atoms with Crippen LogP contribution in [0.2, 0.25) is 0 Å². The van der Waals surface area contributed by atoms with Gasteiger partial charge in [-0.15, -0.1) is 0 Å². The molecule has 0 spiro atoms. The number of ether oxygens (including phenoxy) is 2. The van der Waals surface area contributed by atoms with Crippen LogP contribution in [0.4, 0.5) is 5.69 Å². The van der Waals surface area contributed by atoms with Gasteiger partial charge in [-0.05, 0) is 24.3 Å². The van der Waals surface area contributed by atoms with E-state index in [-0.39, 0.29) is 11.3 Å². The van der Waals surface area contributed by atoms with Crippen molar-refractivity contribution in [2.75, 3.05) is 19.5 Å². The Morgan fingerprint density at radius 2 is 1.79 bits per heavy atom. The third kappa shape index (κ3) is 3.92. The monoisotopic (exact) mass is 327 g/mol. The first-order valence-corrected chi connectivity index (χ1v) is 7.09. The number of nitrogens with one attached hydrogen (secondary N) is 1. The molecular formula is C18H17NO5. The minimum absolute atomic E-state index is 0.0261. The van der Waals surface area contributed by atoms with Gasteiger partial charge in [-0.1, -0.05) is 24.3 Å². The van der Waals surface area contributed by atoms with Crippen molar-refractivity contribution in [2.24, 2.45) is 0 Å². The van der Waals surface area contributed by atoms with Gasteiger partial charge < -0.3 is 19.9 Å². The highest BCUT2D eigenvalue weighted by Crippen LogP contribution is 2.31. The third-order valence-electron chi connectivity index (χ3n) is 3.26. The van der Waals surface area contributed by atoms with E-state index in [9.17, 15) is 9.59 Å². The van der Waals surface area contributed by atoms with Crippen molar-refractivity contribution >= 4 is 23.6 Å². The van der Waals surface area contributed by atoms with E-state index in [1.165, 1.54) is 32.4 Å². The second-order valence-corrected chi connectivity index (χ2v) is 4.76. The lowest BCUT2D eigenvalue weighted by Crippen LogP contribution is -2.11. The molecule has 0 saturated carbocycles. The van der Waals surface area contributed by atoms with E-state index in [0.29, 0.717) is 17.1 Å². The number of hydrogen-bond donors (Lipinski definition) is 2. The summed E-state index contributed by atoms with van der Waals surface area (Å²) >= 11 is 0. The molecule has 6 heteroatoms. The molecule has 0 aromatic heterocycles. The molecule has 6 nitrogen and oxygen atoms in total. The van der Waals surface area contributed by atoms with Crippen molar-refractivity contribution in [2.45, 2.75) is 0 Å². The van der Waals surface area contributed by atoms with Gasteiger partial charge in [-0.3, -0.25) is 4.79 Å². The fourth-order valence-electron chi connectivity index (χ4n) is 2.16. The molecule has 2 aromatic rings. The standard InChI is InChI=1S/C18H17NO5/c1-23-15-9-5-6-12(17(15)24-2)10-11-16(20)19-14-8-4-3-7-13(14)18(21)22/h3-11H,1-2H3,(H,19,20)(H,21,22). The van der Waals surface area contributed by atoms with Crippen LogP contribution in [-0.4, -0.2) is 31.2 Å². The van der Waals surface area contributed by atoms with E-state index < -0.39 is 11.9 Å². The Kier molecular flexibility index (Phi) is 5.57. The molecule has 0 fully saturated rings. The van der Waals surface area contributed by atoms with Crippen molar-refractivity contribution in [3.63, 3.8) is 0 Å². The normalized spacial score (nSPS) is 10.4. The van der Waals surface area contributed by atoms with Gasteiger partial charge >= 0.3 is 5.97 Å². The number of carbonyl (C=O) groups is 2. The van der Waals surface area contributed by atoms with Gasteiger partial charge in [0.2, 0.25) is 5.91 Å². The molecule has 0 aliphatic carbocycles. The summed E-state index contributed by atoms with van der Waals surface area (Å²) in [6.45, 7) is 0. The summed E-state index contributed by atoms with van der Waals surface area (Å²) in [6, 6.07) is 11.5. The molecule has 0 saturated heterocycles. The molecule has 0 unspecified atom stereocenters. The highest BCUT2D eigenvalue weighted by Gasteiger charge is 2.11. The third-order valence-corrected chi connectivity index (χ3v) is 3.26. The number of carbonyl (C=O) groups excluding carboxylic acids is 1. The number of amides is 1. The highest BCUT2D eigenvalue weighted by atomic mass is 16.5. The largest absolute Gasteiger partial charge is 0.493 e. The summed E-state index contributed by atoms with van der Waals surface area (Å²) in [6.07, 6.45) is 2.87. The molecule has 124 valence electrons. The summed E-state index contributed by atoms with van der Waals surface area (Å²) < 4.78 is 10.5. The number of benzene rings is 2. The van der Waals surface area contributed by atoms with Gasteiger partial charge in [-0.2, -0.15) is 0 Å². The second-order valence-electron chi connectivity index (χ2n) is 4.76. The number of carboxylic acids is 1. The molecule has 2 rings (SSSR count). The van der Waals surface area contributed by atoms with E-state index >= 15 is 0 Å². The molecule has 1 amide bonds. The summed E-state index contributed by atoms with van der Waals surface area (Å²) in [5.74, 6) is -0.496. The molecular weight excluding hydrogens is 310 g/mol. The average molecular weight is 327 g/mol. The minimum atomic E-state index is -1.11. The van der Waals surface area contributed by atoms with Gasteiger partial charge in [0, 0.05) is 11.6 Å². The predicted octanol–water partition coefficient (Wildman–Crippen LogP) is 3.05. The van der Waals surface area contributed by atoms with Gasteiger partial charge in [0.05, 0.1) is 25.5 Å². The second kappa shape index (κ2) is 7.82. The Hall–Kier alpha value is -3.28. The van der Waals surface area contributed by atoms with Gasteiger partial charge in [-0.25, -0.2) is 4.79 Å². The first-order chi connectivity index (χ1) is 11.6. The number of rotatable bonds is 6. The van der Waals surface area contributed by atoms with Crippen LogP contribution in [0.25, 0.3) is 6.08 Å². The van der Waals surface area contributed by atoms with Crippen molar-refractivity contribution in [1.29, 1.82) is 0 Å². The van der Waals surface area contributed by atoms with Crippen LogP contribution >= 0.6 is 0 Å². The van der Waals surface area contributed by atoms with Crippen molar-refractivity contribution in [1.82, 2.24) is 0 Å². The fourth-order valence-corrected chi connectivity index (χ4v) is 2.16. The van der Waals surface area contributed by atoms with Crippen LogP contribution in [0.15, 0.2) is 48.5 Å². The first-order valence-electron chi connectivity index (χ1n) is 7.09. The van der Waals surface area contributed by atoms with E-state index in [0.717, 1.165) is 0 Å². The van der Waals surface area contributed by atoms with E-state index in [4.69, 9.17) is 14.6 Å². The topological polar surface area (TPSA) is 84.9 Å². The number of carboxylic acid groups (broad SMARTS) is 1. The lowest BCUT2D eigenvalue weighted by atomic mass is 10.1. The van der Waals surface area contributed by atoms with E-state index in [1.807, 2.05) is 0 Å². The van der Waals surface area contributed by atoms with Crippen LogP contribution in [0.5, 0.6) is 11.5 Å². The lowest BCUT2D eigenvalue weighted by molar-refractivity contribution is -0.111. The SMILES string of the molecule is COc1cccc(C=CC(=O)Nc2ccccc2C(=O)O)c1OC. The molecule has 24 heavy (non-hydrogen) atoms. The number of hydrogen-bond acceptors (Lipinski definition) is 4. The average Bonchev–Trinajstić information content (AvgIpc) is 2.59. The zero-order valence-electron chi connectivity index (χ0n) is 13.3. The predicted molar refractivity (Wildman–Crippen MR) is 90.6 cm³/mol. The molecule has 0 radical (unpaired) electrons. The maximum atomic E-state index is 12.1. The van der Waals surface area contributed by atoms with E-state index in [2.05, 4.69) is 5.32 Å². The Balaban J connectivity index is 2.19. The summed E-state index contributed by atoms with van der Waals surface area (Å²) in [5.41, 5.74) is 0.925. The first kappa shape index (κ1) is 17.1. The number of anilines is 1. The van der Waals surface area contributed by atoms with Crippen LogP contribution < -0.4 is 14.8 Å². The Labute approximate surface area is 139 Å². The maximum Gasteiger partial charge on any atom is 0.337 e. The van der Waals surface area contributed by atoms with E-state index in [1.54, 1.807) is 36.4 Å². The van der Waals surface area contributed by atoms with Gasteiger partial charge in [0.1, 0.15) is 0 Å². The highest BCUT2D eigenvalue weighted by molar-refractivity contribution is 6.06. The summed E-state index contributed by atoms with van der Waals surface area (Å²) in [4.78, 5) is 23.2. The van der Waals surface area contributed by atoms with Crippen molar-refractivity contribution < 1.29 is 24.2 Å². The van der Waals surface area contributed by atoms with Crippen molar-refractivity contribution in [3.05, 3.63) is 59.7 Å². The van der Waals surface area contributed by atoms with Crippen LogP contribution in [0.3, 0.4) is 0 Å². The minimum Gasteiger partial charge on any atom is -0.493 e. The Bertz CT molecular complexity index is 783. The van der Waals surface area contributed by atoms with Crippen LogP contribution in [-0.2, 0) is 4.79 Å². The molecule has 2 N–H and O–H groups in total. The molecule has 0 bridgehead atoms. The van der Waals surface area contributed by atoms with Crippen LogP contribution in [0, 0.1) is 0 Å².